The van der Waals surface area contributed by atoms with Crippen molar-refractivity contribution < 1.29 is 4.42 Å². The van der Waals surface area contributed by atoms with Gasteiger partial charge < -0.3 is 0 Å². The van der Waals surface area contributed by atoms with Crippen molar-refractivity contribution in [2.45, 2.75) is 41.1 Å². The molecule has 12 heteroatoms. The summed E-state index contributed by atoms with van der Waals surface area (Å²) in [5.74, 6) is 8.18. The Morgan fingerprint density at radius 1 is 0.841 bits per heavy atom. The third-order valence-electron chi connectivity index (χ3n) is 9.97. The van der Waals surface area contributed by atoms with Gasteiger partial charge >= 0.3 is 362 Å². The fourth-order valence-electron chi connectivity index (χ4n) is 6.92. The molecule has 0 aliphatic rings. The number of aromatic nitrogens is 6. The van der Waals surface area contributed by atoms with E-state index in [-0.39, 0.29) is 0 Å². The molecule has 2 radical (unpaired) electrons. The zero-order valence-corrected chi connectivity index (χ0v) is 37.7. The van der Waals surface area contributed by atoms with Crippen LogP contribution in [0.3, 0.4) is 0 Å². The molecule has 4 aromatic heterocycles. The molecule has 0 aliphatic heterocycles. The second-order valence-electron chi connectivity index (χ2n) is 14.1. The normalized spacial score (nSPS) is 12.7. The number of benzene rings is 2. The molecule has 0 unspecified atom stereocenters. The van der Waals surface area contributed by atoms with Crippen LogP contribution >= 0.6 is 11.3 Å². The van der Waals surface area contributed by atoms with Crippen LogP contribution in [0.25, 0.3) is 74.5 Å². The maximum absolute atomic E-state index is 6.51. The Bertz CT molecular complexity index is 2940. The minimum atomic E-state index is 0.443. The standard InChI is InChI=1S/C51H48B4N6OS/c1-11-20-38(29-33(6)35(13-3)30-40-39(14-4)43(26-28-53-8)61(46(40)55-10)51-57-41(15-5)45(63-51)32-54-9)50-56-42-25-24-37(31-44(42)62-50)49-59-47(34(12-2)23-19-27-52-7)58-48(60-49)36-21-17-16-18-22-36/h11-32H,1,3-5H2,2,6-10H3/b23-19-,28-26-,33-29+,34-12+,35-30+,38-20+. The van der Waals surface area contributed by atoms with Crippen LogP contribution in [-0.2, 0) is 0 Å². The Labute approximate surface area is 378 Å². The van der Waals surface area contributed by atoms with Crippen molar-refractivity contribution in [2.75, 3.05) is 0 Å². The summed E-state index contributed by atoms with van der Waals surface area (Å²) in [6.45, 7) is 32.6. The van der Waals surface area contributed by atoms with E-state index in [4.69, 9.17) is 29.3 Å². The molecule has 0 N–H and O–H groups in total. The van der Waals surface area contributed by atoms with Gasteiger partial charge in [0.15, 0.2) is 0 Å². The molecule has 0 atom stereocenters. The van der Waals surface area contributed by atoms with Gasteiger partial charge in [-0.25, -0.2) is 0 Å². The second-order valence-corrected chi connectivity index (χ2v) is 15.1. The van der Waals surface area contributed by atoms with Crippen molar-refractivity contribution in [3.63, 3.8) is 0 Å². The van der Waals surface area contributed by atoms with Crippen molar-refractivity contribution >= 4 is 104 Å². The van der Waals surface area contributed by atoms with E-state index in [2.05, 4.69) is 56.3 Å². The zero-order chi connectivity index (χ0) is 44.9. The van der Waals surface area contributed by atoms with E-state index in [1.165, 1.54) is 0 Å². The Morgan fingerprint density at radius 2 is 1.62 bits per heavy atom. The van der Waals surface area contributed by atoms with Crippen LogP contribution in [0.1, 0.15) is 53.0 Å². The quantitative estimate of drug-likeness (QED) is 0.0633. The van der Waals surface area contributed by atoms with Crippen molar-refractivity contribution in [3.8, 4) is 27.9 Å². The van der Waals surface area contributed by atoms with Crippen molar-refractivity contribution in [1.82, 2.24) is 29.5 Å². The summed E-state index contributed by atoms with van der Waals surface area (Å²) in [6, 6.07) is 15.7. The van der Waals surface area contributed by atoms with Crippen molar-refractivity contribution in [1.29, 1.82) is 0 Å². The number of thiazole rings is 1. The van der Waals surface area contributed by atoms with Gasteiger partial charge in [-0.2, -0.15) is 0 Å². The number of allylic oxidation sites excluding steroid dienone is 11. The summed E-state index contributed by atoms with van der Waals surface area (Å²) in [7, 11) is 4.11. The van der Waals surface area contributed by atoms with Crippen LogP contribution in [0.2, 0.25) is 27.3 Å². The molecule has 0 amide bonds. The first-order valence-corrected chi connectivity index (χ1v) is 21.5. The Balaban J connectivity index is 1.43. The van der Waals surface area contributed by atoms with Crippen LogP contribution in [0.15, 0.2) is 139 Å². The monoisotopic (exact) mass is 836 g/mol. The first-order chi connectivity index (χ1) is 30.7. The molecule has 63 heavy (non-hydrogen) atoms. The molecule has 0 aliphatic carbocycles. The Kier molecular flexibility index (Phi) is 15.9. The van der Waals surface area contributed by atoms with E-state index in [0.29, 0.717) is 34.5 Å². The number of hydrogen-bond donors (Lipinski definition) is 0. The summed E-state index contributed by atoms with van der Waals surface area (Å²) in [6.07, 6.45) is 21.4. The van der Waals surface area contributed by atoms with Crippen LogP contribution in [0.5, 0.6) is 0 Å². The molecule has 6 rings (SSSR count). The van der Waals surface area contributed by atoms with Crippen molar-refractivity contribution in [2.24, 2.45) is 0 Å². The van der Waals surface area contributed by atoms with Gasteiger partial charge in [0.05, 0.1) is 0 Å². The molecular weight excluding hydrogens is 788 g/mol. The Morgan fingerprint density at radius 3 is 2.27 bits per heavy atom. The number of fused-ring (bicyclic) bond motifs is 1. The third kappa shape index (κ3) is 10.3. The molecule has 4 heterocycles. The molecule has 0 fully saturated rings. The third-order valence-corrected chi connectivity index (χ3v) is 11.0. The van der Waals surface area contributed by atoms with E-state index >= 15 is 0 Å². The molecular formula is C51H48B4N6OS. The van der Waals surface area contributed by atoms with Crippen LogP contribution in [-0.4, -0.2) is 69.8 Å². The van der Waals surface area contributed by atoms with Gasteiger partial charge in [-0.3, -0.25) is 0 Å². The average molecular weight is 836 g/mol. The molecule has 6 aromatic rings. The second kappa shape index (κ2) is 21.8. The van der Waals surface area contributed by atoms with Gasteiger partial charge in [-0.15, -0.1) is 0 Å². The predicted molar refractivity (Wildman–Crippen MR) is 279 cm³/mol. The molecule has 2 aromatic carbocycles. The Hall–Kier alpha value is -6.77. The fraction of sp³-hybridized carbons (Fsp3) is 0.118. The summed E-state index contributed by atoms with van der Waals surface area (Å²) in [4.78, 5) is 25.7. The van der Waals surface area contributed by atoms with Gasteiger partial charge in [-0.1, -0.05) is 18.7 Å². The van der Waals surface area contributed by atoms with E-state index < -0.39 is 0 Å². The molecule has 0 spiro atoms. The summed E-state index contributed by atoms with van der Waals surface area (Å²) < 4.78 is 8.69. The zero-order valence-electron chi connectivity index (χ0n) is 36.8. The van der Waals surface area contributed by atoms with Gasteiger partial charge in [0.25, 0.3) is 0 Å². The number of hydrogen-bond acceptors (Lipinski definition) is 7. The number of nitrogens with zero attached hydrogens (tertiary/aromatic N) is 6. The molecule has 0 saturated carbocycles. The van der Waals surface area contributed by atoms with Gasteiger partial charge in [0.2, 0.25) is 0 Å². The van der Waals surface area contributed by atoms with E-state index in [1.54, 1.807) is 23.5 Å². The van der Waals surface area contributed by atoms with Gasteiger partial charge in [0.1, 0.15) is 0 Å². The first-order valence-electron chi connectivity index (χ1n) is 20.7. The van der Waals surface area contributed by atoms with E-state index in [0.717, 1.165) is 71.5 Å². The van der Waals surface area contributed by atoms with Gasteiger partial charge in [0, 0.05) is 0 Å². The minimum absolute atomic E-state index is 0.443. The summed E-state index contributed by atoms with van der Waals surface area (Å²) in [5, 5.41) is 0.833. The number of rotatable bonds is 18. The van der Waals surface area contributed by atoms with Crippen LogP contribution in [0, 0.1) is 0 Å². The van der Waals surface area contributed by atoms with Gasteiger partial charge in [-0.05, 0) is 0 Å². The molecule has 0 bridgehead atoms. The molecule has 0 saturated heterocycles. The number of oxazole rings is 1. The van der Waals surface area contributed by atoms with E-state index in [9.17, 15) is 0 Å². The maximum atomic E-state index is 6.51. The SMILES string of the molecule is C=C\C=C(/C=C(C)/C(C=C)=C/c1c(C=C)c(/C=C\[B]C)n(-c2nc(C=C)c(C=BC)s2)c1[B]C)c1nc2ccc(-c3nc(C(/C=C\C=BC)=C/C)nc(-c4ccccc4)n3)cc2o1. The average Bonchev–Trinajstić information content (AvgIpc) is 4.01. The fourth-order valence-corrected chi connectivity index (χ4v) is 7.99. The van der Waals surface area contributed by atoms with Crippen molar-refractivity contribution in [3.05, 3.63) is 174 Å². The summed E-state index contributed by atoms with van der Waals surface area (Å²) >= 11 is 1.61. The summed E-state index contributed by atoms with van der Waals surface area (Å²) in [5.41, 5.74) is 11.2. The van der Waals surface area contributed by atoms with Crippen LogP contribution < -0.4 is 5.59 Å². The predicted octanol–water partition coefficient (Wildman–Crippen LogP) is 11.2. The van der Waals surface area contributed by atoms with E-state index in [1.807, 2.05) is 165 Å². The topological polar surface area (TPSA) is 82.5 Å². The molecule has 7 nitrogen and oxygen atoms in total. The van der Waals surface area contributed by atoms with Crippen LogP contribution in [0.4, 0.5) is 0 Å². The molecule has 306 valence electrons. The first kappa shape index (κ1) is 45.7.